The SMILES string of the molecule is Cc1c(Cl)cccc1-n1nc(C(=O)Nc2ccc(F)cc2)nc1-c1cccc(Cl)c1. The summed E-state index contributed by atoms with van der Waals surface area (Å²) in [5, 5.41) is 8.19. The molecule has 8 heteroatoms. The van der Waals surface area contributed by atoms with Crippen molar-refractivity contribution < 1.29 is 9.18 Å². The molecule has 4 aromatic rings. The van der Waals surface area contributed by atoms with E-state index in [2.05, 4.69) is 15.4 Å². The summed E-state index contributed by atoms with van der Waals surface area (Å²) in [6.45, 7) is 1.86. The number of anilines is 1. The smallest absolute Gasteiger partial charge is 0.295 e. The van der Waals surface area contributed by atoms with Crippen LogP contribution in [0.1, 0.15) is 16.2 Å². The van der Waals surface area contributed by atoms with Gasteiger partial charge in [0.05, 0.1) is 5.69 Å². The number of nitrogens with one attached hydrogen (secondary N) is 1. The van der Waals surface area contributed by atoms with Gasteiger partial charge in [0, 0.05) is 21.3 Å². The maximum absolute atomic E-state index is 13.1. The number of benzene rings is 3. The zero-order valence-corrected chi connectivity index (χ0v) is 17.2. The quantitative estimate of drug-likeness (QED) is 0.426. The molecule has 0 aliphatic carbocycles. The van der Waals surface area contributed by atoms with Crippen LogP contribution in [0.2, 0.25) is 10.0 Å². The van der Waals surface area contributed by atoms with Crippen LogP contribution in [0.15, 0.2) is 66.7 Å². The van der Waals surface area contributed by atoms with E-state index in [0.29, 0.717) is 32.8 Å². The number of aromatic nitrogens is 3. The van der Waals surface area contributed by atoms with E-state index in [4.69, 9.17) is 23.2 Å². The number of amides is 1. The number of halogens is 3. The lowest BCUT2D eigenvalue weighted by Gasteiger charge is -2.10. The Morgan fingerprint density at radius 3 is 2.50 bits per heavy atom. The maximum Gasteiger partial charge on any atom is 0.295 e. The average Bonchev–Trinajstić information content (AvgIpc) is 3.17. The third-order valence-electron chi connectivity index (χ3n) is 4.46. The van der Waals surface area contributed by atoms with Gasteiger partial charge in [-0.1, -0.05) is 41.4 Å². The van der Waals surface area contributed by atoms with Gasteiger partial charge in [-0.15, -0.1) is 5.10 Å². The van der Waals surface area contributed by atoms with Crippen LogP contribution in [0.25, 0.3) is 17.1 Å². The van der Waals surface area contributed by atoms with Crippen LogP contribution in [0.5, 0.6) is 0 Å². The molecule has 0 aliphatic rings. The molecule has 5 nitrogen and oxygen atoms in total. The van der Waals surface area contributed by atoms with E-state index < -0.39 is 11.7 Å². The molecule has 0 fully saturated rings. The minimum atomic E-state index is -0.525. The molecule has 1 aromatic heterocycles. The highest BCUT2D eigenvalue weighted by Gasteiger charge is 2.20. The first-order valence-corrected chi connectivity index (χ1v) is 9.73. The lowest BCUT2D eigenvalue weighted by Crippen LogP contribution is -2.14. The van der Waals surface area contributed by atoms with Gasteiger partial charge in [-0.25, -0.2) is 14.1 Å². The Hall–Kier alpha value is -3.22. The summed E-state index contributed by atoms with van der Waals surface area (Å²) in [4.78, 5) is 17.2. The van der Waals surface area contributed by atoms with Gasteiger partial charge in [-0.2, -0.15) is 0 Å². The fourth-order valence-corrected chi connectivity index (χ4v) is 3.30. The van der Waals surface area contributed by atoms with Crippen LogP contribution in [0.4, 0.5) is 10.1 Å². The largest absolute Gasteiger partial charge is 0.319 e. The molecule has 4 rings (SSSR count). The molecule has 0 aliphatic heterocycles. The third kappa shape index (κ3) is 4.06. The molecular formula is C22H15Cl2FN4O. The second-order valence-corrected chi connectivity index (χ2v) is 7.37. The van der Waals surface area contributed by atoms with Gasteiger partial charge >= 0.3 is 0 Å². The summed E-state index contributed by atoms with van der Waals surface area (Å²) in [7, 11) is 0. The van der Waals surface area contributed by atoms with Crippen LogP contribution in [0.3, 0.4) is 0 Å². The number of nitrogens with zero attached hydrogens (tertiary/aromatic N) is 3. The van der Waals surface area contributed by atoms with Crippen LogP contribution < -0.4 is 5.32 Å². The van der Waals surface area contributed by atoms with E-state index in [9.17, 15) is 9.18 Å². The first-order chi connectivity index (χ1) is 14.4. The Balaban J connectivity index is 1.80. The minimum Gasteiger partial charge on any atom is -0.319 e. The third-order valence-corrected chi connectivity index (χ3v) is 5.11. The Kier molecular flexibility index (Phi) is 5.53. The van der Waals surface area contributed by atoms with Gasteiger partial charge < -0.3 is 5.32 Å². The number of hydrogen-bond donors (Lipinski definition) is 1. The fraction of sp³-hybridized carbons (Fsp3) is 0.0455. The second-order valence-electron chi connectivity index (χ2n) is 6.53. The monoisotopic (exact) mass is 440 g/mol. The molecular weight excluding hydrogens is 426 g/mol. The number of carbonyl (C=O) groups is 1. The summed E-state index contributed by atoms with van der Waals surface area (Å²) >= 11 is 12.4. The molecule has 0 atom stereocenters. The molecule has 0 radical (unpaired) electrons. The van der Waals surface area contributed by atoms with Gasteiger partial charge in [0.2, 0.25) is 5.82 Å². The highest BCUT2D eigenvalue weighted by Crippen LogP contribution is 2.28. The molecule has 0 saturated carbocycles. The molecule has 1 heterocycles. The summed E-state index contributed by atoms with van der Waals surface area (Å²) in [6.07, 6.45) is 0. The van der Waals surface area contributed by atoms with E-state index in [-0.39, 0.29) is 5.82 Å². The fourth-order valence-electron chi connectivity index (χ4n) is 2.94. The van der Waals surface area contributed by atoms with Crippen molar-refractivity contribution in [3.8, 4) is 17.1 Å². The molecule has 0 unspecified atom stereocenters. The Morgan fingerprint density at radius 2 is 1.77 bits per heavy atom. The van der Waals surface area contributed by atoms with Gasteiger partial charge in [0.25, 0.3) is 5.91 Å². The van der Waals surface area contributed by atoms with E-state index >= 15 is 0 Å². The van der Waals surface area contributed by atoms with Gasteiger partial charge in [0.1, 0.15) is 5.82 Å². The van der Waals surface area contributed by atoms with Crippen molar-refractivity contribution in [2.75, 3.05) is 5.32 Å². The van der Waals surface area contributed by atoms with Gasteiger partial charge in [-0.3, -0.25) is 4.79 Å². The van der Waals surface area contributed by atoms with Crippen molar-refractivity contribution in [3.63, 3.8) is 0 Å². The summed E-state index contributed by atoms with van der Waals surface area (Å²) in [6, 6.07) is 18.0. The lowest BCUT2D eigenvalue weighted by molar-refractivity contribution is 0.101. The second kappa shape index (κ2) is 8.26. The van der Waals surface area contributed by atoms with Crippen molar-refractivity contribution in [1.82, 2.24) is 14.8 Å². The zero-order valence-electron chi connectivity index (χ0n) is 15.7. The van der Waals surface area contributed by atoms with Gasteiger partial charge in [-0.05, 0) is 61.0 Å². The molecule has 0 spiro atoms. The normalized spacial score (nSPS) is 10.8. The minimum absolute atomic E-state index is 0.0475. The Labute approximate surface area is 182 Å². The molecule has 0 saturated heterocycles. The first kappa shape index (κ1) is 20.1. The number of hydrogen-bond acceptors (Lipinski definition) is 3. The maximum atomic E-state index is 13.1. The van der Waals surface area contributed by atoms with Crippen LogP contribution in [-0.4, -0.2) is 20.7 Å². The standard InChI is InChI=1S/C22H15Cl2FN4O/c1-13-18(24)6-3-7-19(13)29-21(14-4-2-5-15(23)12-14)27-20(28-29)22(30)26-17-10-8-16(25)9-11-17/h2-12H,1H3,(H,26,30). The van der Waals surface area contributed by atoms with E-state index in [1.165, 1.54) is 24.3 Å². The molecule has 150 valence electrons. The molecule has 0 bridgehead atoms. The van der Waals surface area contributed by atoms with Crippen molar-refractivity contribution in [1.29, 1.82) is 0 Å². The van der Waals surface area contributed by atoms with Gasteiger partial charge in [0.15, 0.2) is 5.82 Å². The van der Waals surface area contributed by atoms with E-state index in [1.807, 2.05) is 19.1 Å². The van der Waals surface area contributed by atoms with E-state index in [0.717, 1.165) is 5.56 Å². The number of rotatable bonds is 4. The molecule has 3 aromatic carbocycles. The number of carbonyl (C=O) groups excluding carboxylic acids is 1. The summed E-state index contributed by atoms with van der Waals surface area (Å²) in [5.41, 5.74) is 2.60. The average molecular weight is 441 g/mol. The van der Waals surface area contributed by atoms with Crippen molar-refractivity contribution in [2.45, 2.75) is 6.92 Å². The topological polar surface area (TPSA) is 59.8 Å². The Morgan fingerprint density at radius 1 is 1.03 bits per heavy atom. The zero-order chi connectivity index (χ0) is 21.3. The molecule has 1 N–H and O–H groups in total. The first-order valence-electron chi connectivity index (χ1n) is 8.98. The lowest BCUT2D eigenvalue weighted by atomic mass is 10.1. The summed E-state index contributed by atoms with van der Waals surface area (Å²) in [5.74, 6) is -0.529. The van der Waals surface area contributed by atoms with E-state index in [1.54, 1.807) is 35.0 Å². The van der Waals surface area contributed by atoms with Crippen LogP contribution in [0, 0.1) is 12.7 Å². The predicted octanol–water partition coefficient (Wildman–Crippen LogP) is 5.94. The molecule has 30 heavy (non-hydrogen) atoms. The Bertz CT molecular complexity index is 1240. The van der Waals surface area contributed by atoms with Crippen LogP contribution in [-0.2, 0) is 0 Å². The van der Waals surface area contributed by atoms with Crippen LogP contribution >= 0.6 is 23.2 Å². The molecule has 1 amide bonds. The van der Waals surface area contributed by atoms with Crippen molar-refractivity contribution >= 4 is 34.8 Å². The highest BCUT2D eigenvalue weighted by atomic mass is 35.5. The van der Waals surface area contributed by atoms with Crippen molar-refractivity contribution in [3.05, 3.63) is 94.0 Å². The van der Waals surface area contributed by atoms with Crippen molar-refractivity contribution in [2.24, 2.45) is 0 Å². The highest BCUT2D eigenvalue weighted by molar-refractivity contribution is 6.31. The predicted molar refractivity (Wildman–Crippen MR) is 116 cm³/mol. The summed E-state index contributed by atoms with van der Waals surface area (Å²) < 4.78 is 14.7.